The first-order chi connectivity index (χ1) is 23.2. The molecule has 0 spiro atoms. The van der Waals surface area contributed by atoms with Crippen LogP contribution in [0.25, 0.3) is 22.5 Å². The molecule has 1 aromatic carbocycles. The zero-order valence-electron chi connectivity index (χ0n) is 26.7. The quantitative estimate of drug-likeness (QED) is 0.202. The maximum atomic E-state index is 13.4. The largest absolute Gasteiger partial charge is 0.481 e. The number of likely N-dealkylation sites (tertiary alicyclic amines) is 1. The van der Waals surface area contributed by atoms with Crippen LogP contribution < -0.4 is 10.1 Å². The summed E-state index contributed by atoms with van der Waals surface area (Å²) in [6.45, 7) is 3.33. The highest BCUT2D eigenvalue weighted by atomic mass is 35.5. The summed E-state index contributed by atoms with van der Waals surface area (Å²) < 4.78 is 20.1. The summed E-state index contributed by atoms with van der Waals surface area (Å²) in [6.07, 6.45) is 3.43. The fraction of sp³-hybridized carbons (Fsp3) is 0.382. The second kappa shape index (κ2) is 14.6. The summed E-state index contributed by atoms with van der Waals surface area (Å²) in [5, 5.41) is 12.8. The highest BCUT2D eigenvalue weighted by molar-refractivity contribution is 6.39. The SMILES string of the molecule is COc1nc(-c2ccnc(-c3cccc(NC(=O)c4nc5c(n4C)CCN(CCCF)C5)c3Cl)c2Cl)ccc1CN1CCC(C(=O)O)C1. The first-order valence-corrected chi connectivity index (χ1v) is 16.5. The lowest BCUT2D eigenvalue weighted by Crippen LogP contribution is -2.32. The summed E-state index contributed by atoms with van der Waals surface area (Å²) >= 11 is 13.8. The summed E-state index contributed by atoms with van der Waals surface area (Å²) in [4.78, 5) is 42.9. The predicted molar refractivity (Wildman–Crippen MR) is 181 cm³/mol. The second-order valence-electron chi connectivity index (χ2n) is 12.0. The number of nitrogens with one attached hydrogen (secondary N) is 1. The number of fused-ring (bicyclic) bond motifs is 1. The number of benzene rings is 1. The van der Waals surface area contributed by atoms with Crippen molar-refractivity contribution in [3.63, 3.8) is 0 Å². The number of amides is 1. The Morgan fingerprint density at radius 2 is 1.92 bits per heavy atom. The Bertz CT molecular complexity index is 1850. The number of ether oxygens (including phenoxy) is 1. The maximum Gasteiger partial charge on any atom is 0.307 e. The van der Waals surface area contributed by atoms with Crippen molar-refractivity contribution in [2.45, 2.75) is 32.4 Å². The van der Waals surface area contributed by atoms with Gasteiger partial charge >= 0.3 is 5.97 Å². The van der Waals surface area contributed by atoms with Crippen molar-refractivity contribution in [3.05, 3.63) is 75.4 Å². The molecule has 14 heteroatoms. The molecule has 1 atom stereocenters. The minimum Gasteiger partial charge on any atom is -0.481 e. The molecule has 6 rings (SSSR count). The van der Waals surface area contributed by atoms with Gasteiger partial charge in [-0.15, -0.1) is 0 Å². The number of carboxylic acids is 1. The highest BCUT2D eigenvalue weighted by Crippen LogP contribution is 2.40. The van der Waals surface area contributed by atoms with E-state index < -0.39 is 11.9 Å². The van der Waals surface area contributed by atoms with E-state index in [0.29, 0.717) is 84.7 Å². The van der Waals surface area contributed by atoms with Crippen LogP contribution >= 0.6 is 23.2 Å². The third-order valence-corrected chi connectivity index (χ3v) is 9.75. The molecule has 2 aliphatic heterocycles. The van der Waals surface area contributed by atoms with Crippen molar-refractivity contribution in [2.24, 2.45) is 13.0 Å². The molecular formula is C34H36Cl2FN7O4. The third kappa shape index (κ3) is 6.88. The number of halogens is 3. The van der Waals surface area contributed by atoms with Gasteiger partial charge in [0.05, 0.1) is 52.5 Å². The number of pyridine rings is 2. The van der Waals surface area contributed by atoms with Crippen LogP contribution in [0.3, 0.4) is 0 Å². The van der Waals surface area contributed by atoms with Crippen LogP contribution in [-0.4, -0.2) is 86.3 Å². The molecule has 1 fully saturated rings. The first-order valence-electron chi connectivity index (χ1n) is 15.8. The minimum absolute atomic E-state index is 0.264. The average molecular weight is 697 g/mol. The minimum atomic E-state index is -0.778. The van der Waals surface area contributed by atoms with E-state index in [1.165, 1.54) is 0 Å². The predicted octanol–water partition coefficient (Wildman–Crippen LogP) is 5.74. The fourth-order valence-corrected chi connectivity index (χ4v) is 6.99. The van der Waals surface area contributed by atoms with E-state index in [4.69, 9.17) is 32.9 Å². The first kappa shape index (κ1) is 33.8. The van der Waals surface area contributed by atoms with Crippen molar-refractivity contribution >= 4 is 40.8 Å². The van der Waals surface area contributed by atoms with Crippen LogP contribution in [-0.2, 0) is 31.4 Å². The number of aliphatic carboxylic acids is 1. The Hall–Kier alpha value is -4.10. The molecule has 2 N–H and O–H groups in total. The molecule has 0 aliphatic carbocycles. The van der Waals surface area contributed by atoms with Crippen molar-refractivity contribution in [2.75, 3.05) is 45.3 Å². The molecule has 48 heavy (non-hydrogen) atoms. The van der Waals surface area contributed by atoms with Gasteiger partial charge in [0.1, 0.15) is 0 Å². The van der Waals surface area contributed by atoms with E-state index in [0.717, 1.165) is 29.9 Å². The summed E-state index contributed by atoms with van der Waals surface area (Å²) in [5.41, 5.74) is 5.15. The van der Waals surface area contributed by atoms with Crippen molar-refractivity contribution in [3.8, 4) is 28.4 Å². The van der Waals surface area contributed by atoms with E-state index in [-0.39, 0.29) is 23.4 Å². The Labute approximate surface area is 287 Å². The molecule has 252 valence electrons. The van der Waals surface area contributed by atoms with Crippen LogP contribution in [0.5, 0.6) is 5.88 Å². The highest BCUT2D eigenvalue weighted by Gasteiger charge is 2.29. The molecule has 1 saturated heterocycles. The number of alkyl halides is 1. The van der Waals surface area contributed by atoms with Gasteiger partial charge < -0.3 is 19.7 Å². The topological polar surface area (TPSA) is 126 Å². The van der Waals surface area contributed by atoms with Crippen molar-refractivity contribution < 1.29 is 23.8 Å². The number of methoxy groups -OCH3 is 1. The standard InChI is InChI=1S/C34H36Cl2FN7O4/c1-42-27-11-16-43(14-4-12-37)19-26(27)39-31(42)32(45)40-25-6-3-5-23(28(25)35)30-29(36)22(9-13-38-30)24-8-7-20(33(41-24)48-2)17-44-15-10-21(18-44)34(46)47/h3,5-9,13,21H,4,10-12,14-19H2,1-2H3,(H,40,45)(H,46,47). The molecule has 3 aromatic heterocycles. The zero-order valence-corrected chi connectivity index (χ0v) is 28.2. The second-order valence-corrected chi connectivity index (χ2v) is 12.8. The fourth-order valence-electron chi connectivity index (χ4n) is 6.41. The molecule has 5 heterocycles. The summed E-state index contributed by atoms with van der Waals surface area (Å²) in [6, 6.07) is 10.8. The molecule has 0 radical (unpaired) electrons. The van der Waals surface area contributed by atoms with Gasteiger partial charge in [-0.25, -0.2) is 9.97 Å². The van der Waals surface area contributed by atoms with Gasteiger partial charge in [0, 0.05) is 74.8 Å². The smallest absolute Gasteiger partial charge is 0.307 e. The van der Waals surface area contributed by atoms with E-state index in [2.05, 4.69) is 25.1 Å². The van der Waals surface area contributed by atoms with Crippen LogP contribution in [0.2, 0.25) is 10.0 Å². The van der Waals surface area contributed by atoms with E-state index >= 15 is 0 Å². The third-order valence-electron chi connectivity index (χ3n) is 8.96. The Morgan fingerprint density at radius 1 is 1.08 bits per heavy atom. The van der Waals surface area contributed by atoms with Crippen LogP contribution in [0.4, 0.5) is 10.1 Å². The van der Waals surface area contributed by atoms with Gasteiger partial charge in [-0.05, 0) is 37.6 Å². The summed E-state index contributed by atoms with van der Waals surface area (Å²) in [7, 11) is 3.37. The molecular weight excluding hydrogens is 660 g/mol. The number of imidazole rings is 1. The number of carbonyl (C=O) groups is 2. The average Bonchev–Trinajstić information content (AvgIpc) is 3.69. The Morgan fingerprint density at radius 3 is 2.67 bits per heavy atom. The van der Waals surface area contributed by atoms with Gasteiger partial charge in [-0.1, -0.05) is 41.4 Å². The number of rotatable bonds is 11. The van der Waals surface area contributed by atoms with Crippen LogP contribution in [0.15, 0.2) is 42.6 Å². The normalized spacial score (nSPS) is 16.6. The van der Waals surface area contributed by atoms with Crippen molar-refractivity contribution in [1.29, 1.82) is 0 Å². The molecule has 0 bridgehead atoms. The van der Waals surface area contributed by atoms with Gasteiger partial charge in [0.15, 0.2) is 5.82 Å². The number of nitrogens with zero attached hydrogens (tertiary/aromatic N) is 6. The molecule has 1 amide bonds. The maximum absolute atomic E-state index is 13.4. The molecule has 0 saturated carbocycles. The number of carbonyl (C=O) groups excluding carboxylic acids is 1. The van der Waals surface area contributed by atoms with E-state index in [1.54, 1.807) is 42.1 Å². The molecule has 2 aliphatic rings. The zero-order chi connectivity index (χ0) is 33.9. The number of hydrogen-bond donors (Lipinski definition) is 2. The number of carboxylic acid groups (broad SMARTS) is 1. The molecule has 11 nitrogen and oxygen atoms in total. The number of aromatic nitrogens is 4. The van der Waals surface area contributed by atoms with E-state index in [9.17, 15) is 19.1 Å². The Balaban J connectivity index is 1.22. The van der Waals surface area contributed by atoms with E-state index in [1.807, 2.05) is 19.2 Å². The number of anilines is 1. The van der Waals surface area contributed by atoms with Crippen molar-refractivity contribution in [1.82, 2.24) is 29.3 Å². The summed E-state index contributed by atoms with van der Waals surface area (Å²) in [5.74, 6) is -0.867. The van der Waals surface area contributed by atoms with Gasteiger partial charge in [-0.3, -0.25) is 28.8 Å². The monoisotopic (exact) mass is 695 g/mol. The number of hydrogen-bond acceptors (Lipinski definition) is 8. The van der Waals surface area contributed by atoms with Gasteiger partial charge in [0.2, 0.25) is 5.88 Å². The molecule has 4 aromatic rings. The van der Waals surface area contributed by atoms with Crippen LogP contribution in [0, 0.1) is 5.92 Å². The lowest BCUT2D eigenvalue weighted by atomic mass is 10.1. The lowest BCUT2D eigenvalue weighted by molar-refractivity contribution is -0.141. The Kier molecular flexibility index (Phi) is 10.3. The lowest BCUT2D eigenvalue weighted by Gasteiger charge is -2.26. The van der Waals surface area contributed by atoms with Crippen LogP contribution in [0.1, 0.15) is 40.4 Å². The molecule has 1 unspecified atom stereocenters. The van der Waals surface area contributed by atoms with Gasteiger partial charge in [-0.2, -0.15) is 0 Å². The van der Waals surface area contributed by atoms with Gasteiger partial charge in [0.25, 0.3) is 5.91 Å².